The number of phenols is 1. The summed E-state index contributed by atoms with van der Waals surface area (Å²) in [5, 5.41) is 19.4. The highest BCUT2D eigenvalue weighted by molar-refractivity contribution is 8.26. The molecule has 1 aromatic rings. The molecule has 26 heavy (non-hydrogen) atoms. The third-order valence-corrected chi connectivity index (χ3v) is 5.25. The second kappa shape index (κ2) is 8.09. The number of hydrogen-bond donors (Lipinski definition) is 2. The zero-order valence-electron chi connectivity index (χ0n) is 15.0. The van der Waals surface area contributed by atoms with E-state index in [4.69, 9.17) is 17.0 Å². The van der Waals surface area contributed by atoms with Gasteiger partial charge in [-0.05, 0) is 48.6 Å². The number of amides is 1. The van der Waals surface area contributed by atoms with Crippen LogP contribution in [0, 0.1) is 12.8 Å². The molecule has 8 heteroatoms. The van der Waals surface area contributed by atoms with Crippen molar-refractivity contribution in [3.8, 4) is 11.5 Å². The lowest BCUT2D eigenvalue weighted by Gasteiger charge is -2.24. The highest BCUT2D eigenvalue weighted by Crippen LogP contribution is 2.37. The molecule has 1 saturated heterocycles. The van der Waals surface area contributed by atoms with Gasteiger partial charge in [-0.2, -0.15) is 0 Å². The molecule has 1 atom stereocenters. The van der Waals surface area contributed by atoms with Gasteiger partial charge >= 0.3 is 5.97 Å². The molecule has 0 spiro atoms. The quantitative estimate of drug-likeness (QED) is 0.564. The molecule has 0 aromatic heterocycles. The number of thiocarbonyl (C=S) groups is 1. The molecule has 6 nitrogen and oxygen atoms in total. The van der Waals surface area contributed by atoms with Gasteiger partial charge in [0.2, 0.25) is 0 Å². The standard InChI is InChI=1S/C18H21NO5S2/c1-9(2)5-12(17(22)23)19-16(21)14(26-18(19)25)8-11-6-10(3)15(20)13(7-11)24-4/h6-9,12,20H,5H2,1-4H3,(H,22,23)/b14-8-/t12-/m1/s1. The molecule has 1 fully saturated rings. The normalized spacial score (nSPS) is 17.3. The number of carboxylic acids is 1. The van der Waals surface area contributed by atoms with Crippen molar-refractivity contribution in [3.63, 3.8) is 0 Å². The number of carbonyl (C=O) groups is 2. The molecule has 140 valence electrons. The van der Waals surface area contributed by atoms with Gasteiger partial charge in [-0.15, -0.1) is 0 Å². The fourth-order valence-electron chi connectivity index (χ4n) is 2.68. The summed E-state index contributed by atoms with van der Waals surface area (Å²) in [5.41, 5.74) is 1.27. The van der Waals surface area contributed by atoms with Gasteiger partial charge in [0.1, 0.15) is 10.4 Å². The lowest BCUT2D eigenvalue weighted by molar-refractivity contribution is -0.145. The molecule has 0 aliphatic carbocycles. The second-order valence-corrected chi connectivity index (χ2v) is 8.10. The molecule has 0 unspecified atom stereocenters. The van der Waals surface area contributed by atoms with E-state index in [2.05, 4.69) is 0 Å². The third kappa shape index (κ3) is 4.19. The number of phenolic OH excluding ortho intramolecular Hbond substituents is 1. The number of carboxylic acid groups (broad SMARTS) is 1. The molecule has 2 N–H and O–H groups in total. The Balaban J connectivity index is 2.37. The first-order valence-electron chi connectivity index (χ1n) is 8.03. The van der Waals surface area contributed by atoms with Gasteiger partial charge in [0.05, 0.1) is 12.0 Å². The molecule has 2 rings (SSSR count). The van der Waals surface area contributed by atoms with Gasteiger partial charge in [0.25, 0.3) is 5.91 Å². The zero-order chi connectivity index (χ0) is 19.6. The summed E-state index contributed by atoms with van der Waals surface area (Å²) in [6.45, 7) is 5.52. The number of aromatic hydroxyl groups is 1. The Kier molecular flexibility index (Phi) is 6.30. The van der Waals surface area contributed by atoms with E-state index < -0.39 is 17.9 Å². The van der Waals surface area contributed by atoms with E-state index in [-0.39, 0.29) is 16.0 Å². The van der Waals surface area contributed by atoms with Gasteiger partial charge in [-0.1, -0.05) is 37.8 Å². The topological polar surface area (TPSA) is 87.1 Å². The summed E-state index contributed by atoms with van der Waals surface area (Å²) in [7, 11) is 1.45. The Bertz CT molecular complexity index is 788. The first kappa shape index (κ1) is 20.3. The summed E-state index contributed by atoms with van der Waals surface area (Å²) < 4.78 is 5.36. The number of thioether (sulfide) groups is 1. The minimum atomic E-state index is -1.07. The molecule has 1 aromatic carbocycles. The minimum Gasteiger partial charge on any atom is -0.504 e. The Hall–Kier alpha value is -2.06. The van der Waals surface area contributed by atoms with E-state index in [0.29, 0.717) is 28.2 Å². The van der Waals surface area contributed by atoms with Crippen LogP contribution in [0.5, 0.6) is 11.5 Å². The SMILES string of the molecule is COc1cc(/C=C2\SC(=S)N([C@H](CC(C)C)C(=O)O)C2=O)cc(C)c1O. The fourth-order valence-corrected chi connectivity index (χ4v) is 4.03. The lowest BCUT2D eigenvalue weighted by Crippen LogP contribution is -2.44. The van der Waals surface area contributed by atoms with E-state index in [1.807, 2.05) is 13.8 Å². The Morgan fingerprint density at radius 1 is 1.42 bits per heavy atom. The van der Waals surface area contributed by atoms with E-state index in [1.54, 1.807) is 25.1 Å². The molecule has 1 amide bonds. The number of nitrogens with zero attached hydrogens (tertiary/aromatic N) is 1. The van der Waals surface area contributed by atoms with Crippen molar-refractivity contribution in [1.82, 2.24) is 4.90 Å². The van der Waals surface area contributed by atoms with Crippen molar-refractivity contribution in [3.05, 3.63) is 28.2 Å². The number of aliphatic carboxylic acids is 1. The Morgan fingerprint density at radius 2 is 2.08 bits per heavy atom. The van der Waals surface area contributed by atoms with E-state index in [0.717, 1.165) is 11.8 Å². The average Bonchev–Trinajstić information content (AvgIpc) is 2.82. The Labute approximate surface area is 161 Å². The summed E-state index contributed by atoms with van der Waals surface area (Å²) >= 11 is 6.33. The molecule has 1 aliphatic heterocycles. The number of ether oxygens (including phenoxy) is 1. The monoisotopic (exact) mass is 395 g/mol. The van der Waals surface area contributed by atoms with Crippen molar-refractivity contribution < 1.29 is 24.5 Å². The number of hydrogen-bond acceptors (Lipinski definition) is 6. The molecule has 0 bridgehead atoms. The number of aryl methyl sites for hydroxylation is 1. The lowest BCUT2D eigenvalue weighted by atomic mass is 10.0. The second-order valence-electron chi connectivity index (χ2n) is 6.42. The first-order valence-corrected chi connectivity index (χ1v) is 9.25. The average molecular weight is 396 g/mol. The van der Waals surface area contributed by atoms with Gasteiger partial charge in [0.15, 0.2) is 11.5 Å². The summed E-state index contributed by atoms with van der Waals surface area (Å²) in [6, 6.07) is 2.34. The highest BCUT2D eigenvalue weighted by Gasteiger charge is 2.40. The van der Waals surface area contributed by atoms with Gasteiger partial charge in [-0.25, -0.2) is 4.79 Å². The molecule has 1 heterocycles. The van der Waals surface area contributed by atoms with E-state index in [9.17, 15) is 19.8 Å². The zero-order valence-corrected chi connectivity index (χ0v) is 16.6. The van der Waals surface area contributed by atoms with E-state index in [1.165, 1.54) is 12.0 Å². The van der Waals surface area contributed by atoms with Crippen LogP contribution in [0.15, 0.2) is 17.0 Å². The van der Waals surface area contributed by atoms with Gasteiger partial charge in [-0.3, -0.25) is 9.69 Å². The predicted molar refractivity (Wildman–Crippen MR) is 105 cm³/mol. The summed E-state index contributed by atoms with van der Waals surface area (Å²) in [5.74, 6) is -1.04. The van der Waals surface area contributed by atoms with Crippen LogP contribution in [0.2, 0.25) is 0 Å². The minimum absolute atomic E-state index is 0.0417. The van der Waals surface area contributed by atoms with Crippen molar-refractivity contribution in [2.75, 3.05) is 7.11 Å². The van der Waals surface area contributed by atoms with Crippen molar-refractivity contribution in [1.29, 1.82) is 0 Å². The maximum absolute atomic E-state index is 12.8. The number of rotatable bonds is 6. The molecule has 0 radical (unpaired) electrons. The molecule has 0 saturated carbocycles. The van der Waals surface area contributed by atoms with Crippen molar-refractivity contribution in [2.24, 2.45) is 5.92 Å². The molecular formula is C18H21NO5S2. The van der Waals surface area contributed by atoms with E-state index >= 15 is 0 Å². The maximum Gasteiger partial charge on any atom is 0.326 e. The van der Waals surface area contributed by atoms with Crippen LogP contribution < -0.4 is 4.74 Å². The Morgan fingerprint density at radius 3 is 2.62 bits per heavy atom. The van der Waals surface area contributed by atoms with Crippen LogP contribution in [-0.4, -0.2) is 44.5 Å². The summed E-state index contributed by atoms with van der Waals surface area (Å²) in [4.78, 5) is 25.9. The smallest absolute Gasteiger partial charge is 0.326 e. The van der Waals surface area contributed by atoms with Crippen LogP contribution in [-0.2, 0) is 9.59 Å². The van der Waals surface area contributed by atoms with Gasteiger partial charge < -0.3 is 14.9 Å². The number of carbonyl (C=O) groups excluding carboxylic acids is 1. The first-order chi connectivity index (χ1) is 12.1. The third-order valence-electron chi connectivity index (χ3n) is 3.92. The molecule has 1 aliphatic rings. The maximum atomic E-state index is 12.8. The van der Waals surface area contributed by atoms with Crippen molar-refractivity contribution >= 4 is 46.3 Å². The van der Waals surface area contributed by atoms with Gasteiger partial charge in [0, 0.05) is 0 Å². The summed E-state index contributed by atoms with van der Waals surface area (Å²) in [6.07, 6.45) is 1.95. The van der Waals surface area contributed by atoms with Crippen LogP contribution >= 0.6 is 24.0 Å². The fraction of sp³-hybridized carbons (Fsp3) is 0.389. The van der Waals surface area contributed by atoms with Crippen LogP contribution in [0.1, 0.15) is 31.4 Å². The largest absolute Gasteiger partial charge is 0.504 e. The van der Waals surface area contributed by atoms with Crippen LogP contribution in [0.25, 0.3) is 6.08 Å². The van der Waals surface area contributed by atoms with Crippen molar-refractivity contribution in [2.45, 2.75) is 33.2 Å². The molecular weight excluding hydrogens is 374 g/mol. The van der Waals surface area contributed by atoms with Crippen LogP contribution in [0.4, 0.5) is 0 Å². The number of benzene rings is 1. The van der Waals surface area contributed by atoms with Crippen LogP contribution in [0.3, 0.4) is 0 Å². The number of methoxy groups -OCH3 is 1. The highest BCUT2D eigenvalue weighted by atomic mass is 32.2. The predicted octanol–water partition coefficient (Wildman–Crippen LogP) is 3.41.